The van der Waals surface area contributed by atoms with Crippen LogP contribution in [-0.2, 0) is 16.1 Å². The average molecular weight is 372 g/mol. The fraction of sp³-hybridized carbons (Fsp3) is 0.500. The quantitative estimate of drug-likeness (QED) is 0.806. The Kier molecular flexibility index (Phi) is 6.47. The highest BCUT2D eigenvalue weighted by Gasteiger charge is 2.15. The predicted molar refractivity (Wildman–Crippen MR) is 105 cm³/mol. The first-order valence-corrected chi connectivity index (χ1v) is 9.43. The van der Waals surface area contributed by atoms with E-state index in [0.29, 0.717) is 19.0 Å². The molecule has 1 fully saturated rings. The van der Waals surface area contributed by atoms with Crippen LogP contribution in [0.4, 0.5) is 11.4 Å². The summed E-state index contributed by atoms with van der Waals surface area (Å²) in [5, 5.41) is 2.96. The van der Waals surface area contributed by atoms with Crippen molar-refractivity contribution in [3.63, 3.8) is 0 Å². The number of hydrogen-bond acceptors (Lipinski definition) is 6. The monoisotopic (exact) mass is 372 g/mol. The van der Waals surface area contributed by atoms with Crippen molar-refractivity contribution in [1.82, 2.24) is 9.88 Å². The molecule has 7 nitrogen and oxygen atoms in total. The highest BCUT2D eigenvalue weighted by atomic mass is 16.5. The van der Waals surface area contributed by atoms with Crippen molar-refractivity contribution in [3.8, 4) is 0 Å². The van der Waals surface area contributed by atoms with Crippen molar-refractivity contribution < 1.29 is 13.9 Å². The molecular formula is C20H28N4O3. The maximum atomic E-state index is 12.4. The molecule has 0 radical (unpaired) electrons. The molecule has 1 aliphatic heterocycles. The average Bonchev–Trinajstić information content (AvgIpc) is 2.99. The summed E-state index contributed by atoms with van der Waals surface area (Å²) in [4.78, 5) is 21.1. The van der Waals surface area contributed by atoms with Gasteiger partial charge in [0.2, 0.25) is 11.8 Å². The van der Waals surface area contributed by atoms with Gasteiger partial charge in [-0.2, -0.15) is 0 Å². The molecule has 146 valence electrons. The molecule has 1 aliphatic rings. The van der Waals surface area contributed by atoms with Crippen molar-refractivity contribution in [2.45, 2.75) is 27.3 Å². The summed E-state index contributed by atoms with van der Waals surface area (Å²) in [5.41, 5.74) is 2.85. The Morgan fingerprint density at radius 1 is 1.22 bits per heavy atom. The number of amides is 1. The van der Waals surface area contributed by atoms with Gasteiger partial charge in [0.25, 0.3) is 0 Å². The number of oxazole rings is 1. The van der Waals surface area contributed by atoms with Crippen molar-refractivity contribution >= 4 is 17.3 Å². The maximum absolute atomic E-state index is 12.4. The normalized spacial score (nSPS) is 14.6. The van der Waals surface area contributed by atoms with Gasteiger partial charge in [0, 0.05) is 24.5 Å². The van der Waals surface area contributed by atoms with Crippen LogP contribution in [0.1, 0.15) is 24.3 Å². The van der Waals surface area contributed by atoms with Crippen LogP contribution in [0, 0.1) is 13.8 Å². The first-order chi connectivity index (χ1) is 13.0. The number of aromatic nitrogens is 1. The molecule has 0 atom stereocenters. The highest BCUT2D eigenvalue weighted by molar-refractivity contribution is 5.92. The summed E-state index contributed by atoms with van der Waals surface area (Å²) >= 11 is 0. The topological polar surface area (TPSA) is 70.8 Å². The number of carbonyl (C=O) groups is 1. The van der Waals surface area contributed by atoms with Gasteiger partial charge in [0.05, 0.1) is 32.0 Å². The Labute approximate surface area is 160 Å². The number of morpholine rings is 1. The van der Waals surface area contributed by atoms with E-state index in [1.165, 1.54) is 0 Å². The highest BCUT2D eigenvalue weighted by Crippen LogP contribution is 2.19. The number of aryl methyl sites for hydroxylation is 2. The summed E-state index contributed by atoms with van der Waals surface area (Å²) in [7, 11) is 0. The van der Waals surface area contributed by atoms with Gasteiger partial charge in [-0.05, 0) is 44.7 Å². The Morgan fingerprint density at radius 3 is 2.52 bits per heavy atom. The van der Waals surface area contributed by atoms with Crippen molar-refractivity contribution in [2.24, 2.45) is 0 Å². The van der Waals surface area contributed by atoms with E-state index in [4.69, 9.17) is 9.15 Å². The fourth-order valence-corrected chi connectivity index (χ4v) is 3.06. The van der Waals surface area contributed by atoms with Crippen LogP contribution in [-0.4, -0.2) is 55.2 Å². The third kappa shape index (κ3) is 5.30. The standard InChI is InChI=1S/C20H28N4O3/c1-4-23(14-20-21-15(2)16(3)27-20)13-19(25)22-17-5-7-18(8-6-17)24-9-11-26-12-10-24/h5-8H,4,9-14H2,1-3H3,(H,22,25). The molecule has 2 aromatic rings. The second-order valence-corrected chi connectivity index (χ2v) is 6.75. The molecule has 2 heterocycles. The number of rotatable bonds is 7. The van der Waals surface area contributed by atoms with Crippen LogP contribution in [0.3, 0.4) is 0 Å². The zero-order valence-corrected chi connectivity index (χ0v) is 16.3. The van der Waals surface area contributed by atoms with Gasteiger partial charge < -0.3 is 19.4 Å². The molecule has 0 aliphatic carbocycles. The van der Waals surface area contributed by atoms with E-state index in [1.807, 2.05) is 49.9 Å². The molecule has 1 N–H and O–H groups in total. The van der Waals surface area contributed by atoms with Gasteiger partial charge >= 0.3 is 0 Å². The van der Waals surface area contributed by atoms with Crippen LogP contribution >= 0.6 is 0 Å². The molecule has 0 bridgehead atoms. The molecule has 0 unspecified atom stereocenters. The largest absolute Gasteiger partial charge is 0.444 e. The molecule has 1 aromatic heterocycles. The molecule has 27 heavy (non-hydrogen) atoms. The van der Waals surface area contributed by atoms with E-state index in [1.54, 1.807) is 0 Å². The number of likely N-dealkylation sites (N-methyl/N-ethyl adjacent to an activating group) is 1. The zero-order valence-electron chi connectivity index (χ0n) is 16.3. The summed E-state index contributed by atoms with van der Waals surface area (Å²) in [6.07, 6.45) is 0. The van der Waals surface area contributed by atoms with E-state index in [0.717, 1.165) is 55.7 Å². The second kappa shape index (κ2) is 9.01. The second-order valence-electron chi connectivity index (χ2n) is 6.75. The van der Waals surface area contributed by atoms with E-state index < -0.39 is 0 Å². The molecular weight excluding hydrogens is 344 g/mol. The Balaban J connectivity index is 1.52. The molecule has 3 rings (SSSR count). The number of nitrogens with zero attached hydrogens (tertiary/aromatic N) is 3. The lowest BCUT2D eigenvalue weighted by atomic mass is 10.2. The lowest BCUT2D eigenvalue weighted by molar-refractivity contribution is -0.117. The fourth-order valence-electron chi connectivity index (χ4n) is 3.06. The predicted octanol–water partition coefficient (Wildman–Crippen LogP) is 2.59. The van der Waals surface area contributed by atoms with Gasteiger partial charge in [-0.3, -0.25) is 9.69 Å². The Hall–Kier alpha value is -2.38. The minimum atomic E-state index is -0.0454. The zero-order chi connectivity index (χ0) is 19.2. The maximum Gasteiger partial charge on any atom is 0.238 e. The Bertz CT molecular complexity index is 732. The van der Waals surface area contributed by atoms with E-state index in [9.17, 15) is 4.79 Å². The van der Waals surface area contributed by atoms with E-state index in [-0.39, 0.29) is 5.91 Å². The van der Waals surface area contributed by atoms with E-state index >= 15 is 0 Å². The van der Waals surface area contributed by atoms with Crippen molar-refractivity contribution in [2.75, 3.05) is 49.6 Å². The van der Waals surface area contributed by atoms with Crippen LogP contribution in [0.5, 0.6) is 0 Å². The van der Waals surface area contributed by atoms with Crippen LogP contribution in [0.25, 0.3) is 0 Å². The minimum absolute atomic E-state index is 0.0454. The third-order valence-electron chi connectivity index (χ3n) is 4.77. The van der Waals surface area contributed by atoms with Gasteiger partial charge in [0.1, 0.15) is 5.76 Å². The number of benzene rings is 1. The first kappa shape index (κ1) is 19.4. The van der Waals surface area contributed by atoms with Crippen molar-refractivity contribution in [3.05, 3.63) is 41.6 Å². The molecule has 0 saturated carbocycles. The van der Waals surface area contributed by atoms with Gasteiger partial charge in [0.15, 0.2) is 0 Å². The SMILES string of the molecule is CCN(CC(=O)Nc1ccc(N2CCOCC2)cc1)Cc1nc(C)c(C)o1. The molecule has 0 spiro atoms. The minimum Gasteiger partial charge on any atom is -0.444 e. The van der Waals surface area contributed by atoms with Crippen LogP contribution in [0.15, 0.2) is 28.7 Å². The molecule has 1 amide bonds. The summed E-state index contributed by atoms with van der Waals surface area (Å²) < 4.78 is 11.0. The number of carbonyl (C=O) groups excluding carboxylic acids is 1. The smallest absolute Gasteiger partial charge is 0.238 e. The van der Waals surface area contributed by atoms with Gasteiger partial charge in [-0.1, -0.05) is 6.92 Å². The van der Waals surface area contributed by atoms with Crippen LogP contribution < -0.4 is 10.2 Å². The number of hydrogen-bond donors (Lipinski definition) is 1. The summed E-state index contributed by atoms with van der Waals surface area (Å²) in [6, 6.07) is 7.97. The van der Waals surface area contributed by atoms with Gasteiger partial charge in [-0.25, -0.2) is 4.98 Å². The third-order valence-corrected chi connectivity index (χ3v) is 4.77. The summed E-state index contributed by atoms with van der Waals surface area (Å²) in [6.45, 7) is 10.7. The van der Waals surface area contributed by atoms with Crippen molar-refractivity contribution in [1.29, 1.82) is 0 Å². The molecule has 1 aromatic carbocycles. The summed E-state index contributed by atoms with van der Waals surface area (Å²) in [5.74, 6) is 1.43. The molecule has 7 heteroatoms. The first-order valence-electron chi connectivity index (χ1n) is 9.43. The number of ether oxygens (including phenoxy) is 1. The lowest BCUT2D eigenvalue weighted by Crippen LogP contribution is -2.36. The number of nitrogens with one attached hydrogen (secondary N) is 1. The van der Waals surface area contributed by atoms with Gasteiger partial charge in [-0.15, -0.1) is 0 Å². The lowest BCUT2D eigenvalue weighted by Gasteiger charge is -2.29. The van der Waals surface area contributed by atoms with Crippen LogP contribution in [0.2, 0.25) is 0 Å². The Morgan fingerprint density at radius 2 is 1.93 bits per heavy atom. The van der Waals surface area contributed by atoms with E-state index in [2.05, 4.69) is 15.2 Å². The number of anilines is 2. The molecule has 1 saturated heterocycles.